The van der Waals surface area contributed by atoms with Gasteiger partial charge in [-0.2, -0.15) is 4.31 Å². The van der Waals surface area contributed by atoms with Crippen LogP contribution in [0.1, 0.15) is 6.42 Å². The molecule has 0 saturated heterocycles. The number of rotatable bonds is 9. The van der Waals surface area contributed by atoms with Gasteiger partial charge in [-0.1, -0.05) is 29.3 Å². The van der Waals surface area contributed by atoms with Gasteiger partial charge in [0.15, 0.2) is 0 Å². The van der Waals surface area contributed by atoms with Gasteiger partial charge >= 0.3 is 5.69 Å². The minimum absolute atomic E-state index is 0.157. The van der Waals surface area contributed by atoms with Crippen LogP contribution in [0, 0.1) is 0 Å². The molecule has 0 fully saturated rings. The van der Waals surface area contributed by atoms with Crippen molar-refractivity contribution in [3.05, 3.63) is 85.6 Å². The molecule has 2 aromatic carbocycles. The van der Waals surface area contributed by atoms with Gasteiger partial charge in [0.1, 0.15) is 22.7 Å². The summed E-state index contributed by atoms with van der Waals surface area (Å²) < 4.78 is 33.4. The summed E-state index contributed by atoms with van der Waals surface area (Å²) in [5.74, 6) is -0.243. The number of hydrogen-bond acceptors (Lipinski definition) is 7. The molecule has 35 heavy (non-hydrogen) atoms. The molecule has 1 atom stereocenters. The number of likely N-dealkylation sites (N-methyl/N-ethyl adjacent to an activating group) is 1. The summed E-state index contributed by atoms with van der Waals surface area (Å²) in [6.07, 6.45) is -0.303. The molecule has 3 aromatic rings. The van der Waals surface area contributed by atoms with Crippen LogP contribution in [-0.2, 0) is 21.4 Å². The number of hydroxylamine groups is 1. The largest absolute Gasteiger partial charge is 0.457 e. The van der Waals surface area contributed by atoms with Gasteiger partial charge in [-0.15, -0.1) is 0 Å². The maximum Gasteiger partial charge on any atom is 0.329 e. The molecule has 0 aliphatic heterocycles. The molecule has 0 aliphatic carbocycles. The second-order valence-electron chi connectivity index (χ2n) is 7.24. The Kier molecular flexibility index (Phi) is 8.35. The molecule has 1 heterocycles. The van der Waals surface area contributed by atoms with E-state index in [0.717, 1.165) is 22.0 Å². The lowest BCUT2D eigenvalue weighted by Crippen LogP contribution is -2.48. The first-order valence-corrected chi connectivity index (χ1v) is 12.2. The first-order chi connectivity index (χ1) is 16.5. The number of nitrogens with one attached hydrogen (secondary N) is 2. The van der Waals surface area contributed by atoms with Crippen LogP contribution in [0.3, 0.4) is 0 Å². The molecule has 0 spiro atoms. The highest BCUT2D eigenvalue weighted by Crippen LogP contribution is 2.26. The van der Waals surface area contributed by atoms with Crippen LogP contribution in [0.2, 0.25) is 10.2 Å². The molecule has 1 aromatic heterocycles. The molecule has 1 unspecified atom stereocenters. The maximum atomic E-state index is 13.2. The third-order valence-electron chi connectivity index (χ3n) is 5.00. The van der Waals surface area contributed by atoms with Gasteiger partial charge < -0.3 is 4.74 Å². The number of carbonyl (C=O) groups excluding carboxylic acids is 1. The molecule has 186 valence electrons. The van der Waals surface area contributed by atoms with Crippen LogP contribution >= 0.6 is 23.2 Å². The maximum absolute atomic E-state index is 13.2. The number of halogens is 2. The zero-order valence-electron chi connectivity index (χ0n) is 18.1. The lowest BCUT2D eigenvalue weighted by atomic mass is 10.2. The fourth-order valence-corrected chi connectivity index (χ4v) is 4.89. The lowest BCUT2D eigenvalue weighted by molar-refractivity contribution is -0.133. The highest BCUT2D eigenvalue weighted by Gasteiger charge is 2.33. The summed E-state index contributed by atoms with van der Waals surface area (Å²) in [5, 5.41) is 9.44. The fraction of sp³-hybridized carbons (Fsp3) is 0.190. The summed E-state index contributed by atoms with van der Waals surface area (Å²) in [6, 6.07) is 11.6. The van der Waals surface area contributed by atoms with Crippen LogP contribution in [-0.4, -0.2) is 46.5 Å². The number of amides is 1. The van der Waals surface area contributed by atoms with Crippen molar-refractivity contribution < 1.29 is 23.2 Å². The van der Waals surface area contributed by atoms with Crippen molar-refractivity contribution in [2.75, 3.05) is 7.05 Å². The standard InChI is InChI=1S/C21H20Cl2N4O7S/c1-26(17(20(29)25-31)9-10-27-19(28)12-18(23)24-21(27)30)35(32,33)16-7-5-14(6-8-16)34-15-4-2-3-13(22)11-15/h2-8,11-12,17,31H,9-10H2,1H3,(H,24,30)(H,25,29). The normalized spacial score (nSPS) is 12.4. The molecule has 1 amide bonds. The van der Waals surface area contributed by atoms with Gasteiger partial charge in [-0.3, -0.25) is 24.3 Å². The smallest absolute Gasteiger partial charge is 0.329 e. The van der Waals surface area contributed by atoms with Crippen molar-refractivity contribution in [1.29, 1.82) is 0 Å². The van der Waals surface area contributed by atoms with Crippen molar-refractivity contribution >= 4 is 39.1 Å². The highest BCUT2D eigenvalue weighted by molar-refractivity contribution is 7.89. The van der Waals surface area contributed by atoms with Crippen molar-refractivity contribution in [2.45, 2.75) is 23.9 Å². The van der Waals surface area contributed by atoms with E-state index in [2.05, 4.69) is 4.98 Å². The first-order valence-electron chi connectivity index (χ1n) is 9.98. The molecule has 11 nitrogen and oxygen atoms in total. The third kappa shape index (κ3) is 6.29. The summed E-state index contributed by atoms with van der Waals surface area (Å²) >= 11 is 11.6. The van der Waals surface area contributed by atoms with Crippen LogP contribution in [0.25, 0.3) is 0 Å². The summed E-state index contributed by atoms with van der Waals surface area (Å²) in [5.41, 5.74) is -0.146. The second-order valence-corrected chi connectivity index (χ2v) is 10.1. The van der Waals surface area contributed by atoms with Gasteiger partial charge in [0, 0.05) is 24.7 Å². The molecular weight excluding hydrogens is 523 g/mol. The predicted molar refractivity (Wildman–Crippen MR) is 128 cm³/mol. The molecule has 0 aliphatic rings. The van der Waals surface area contributed by atoms with Crippen molar-refractivity contribution in [3.8, 4) is 11.5 Å². The average molecular weight is 543 g/mol. The number of benzene rings is 2. The van der Waals surface area contributed by atoms with Gasteiger partial charge in [0.25, 0.3) is 11.5 Å². The fourth-order valence-electron chi connectivity index (χ4n) is 3.19. The number of ether oxygens (including phenoxy) is 1. The molecule has 0 saturated carbocycles. The quantitative estimate of drug-likeness (QED) is 0.213. The summed E-state index contributed by atoms with van der Waals surface area (Å²) in [6.45, 7) is -0.324. The zero-order valence-corrected chi connectivity index (χ0v) is 20.5. The van der Waals surface area contributed by atoms with E-state index < -0.39 is 33.2 Å². The van der Waals surface area contributed by atoms with Gasteiger partial charge in [0.05, 0.1) is 4.90 Å². The number of aromatic amines is 1. The van der Waals surface area contributed by atoms with E-state index >= 15 is 0 Å². The number of sulfonamides is 1. The van der Waals surface area contributed by atoms with E-state index in [9.17, 15) is 22.8 Å². The average Bonchev–Trinajstić information content (AvgIpc) is 2.80. The van der Waals surface area contributed by atoms with Crippen LogP contribution in [0.15, 0.2) is 69.1 Å². The van der Waals surface area contributed by atoms with E-state index in [0.29, 0.717) is 16.5 Å². The summed E-state index contributed by atoms with van der Waals surface area (Å²) in [4.78, 5) is 38.4. The molecular formula is C21H20Cl2N4O7S. The van der Waals surface area contributed by atoms with Crippen LogP contribution < -0.4 is 21.5 Å². The molecule has 0 radical (unpaired) electrons. The van der Waals surface area contributed by atoms with E-state index in [1.54, 1.807) is 24.3 Å². The Morgan fingerprint density at radius 2 is 1.83 bits per heavy atom. The van der Waals surface area contributed by atoms with Crippen molar-refractivity contribution in [1.82, 2.24) is 19.3 Å². The first kappa shape index (κ1) is 26.4. The van der Waals surface area contributed by atoms with Crippen LogP contribution in [0.5, 0.6) is 11.5 Å². The van der Waals surface area contributed by atoms with E-state index in [1.165, 1.54) is 29.7 Å². The Balaban J connectivity index is 1.81. The van der Waals surface area contributed by atoms with E-state index in [4.69, 9.17) is 33.1 Å². The Morgan fingerprint density at radius 1 is 1.14 bits per heavy atom. The second kappa shape index (κ2) is 11.1. The number of nitrogens with zero attached hydrogens (tertiary/aromatic N) is 2. The number of H-pyrrole nitrogens is 1. The Labute approximate surface area is 209 Å². The minimum Gasteiger partial charge on any atom is -0.457 e. The lowest BCUT2D eigenvalue weighted by Gasteiger charge is -2.26. The Morgan fingerprint density at radius 3 is 2.43 bits per heavy atom. The minimum atomic E-state index is -4.23. The van der Waals surface area contributed by atoms with Crippen molar-refractivity contribution in [2.24, 2.45) is 0 Å². The Hall–Kier alpha value is -3.16. The Bertz CT molecular complexity index is 1410. The highest BCUT2D eigenvalue weighted by atomic mass is 35.5. The van der Waals surface area contributed by atoms with Crippen LogP contribution in [0.4, 0.5) is 0 Å². The van der Waals surface area contributed by atoms with E-state index in [-0.39, 0.29) is 23.0 Å². The predicted octanol–water partition coefficient (Wildman–Crippen LogP) is 2.22. The summed E-state index contributed by atoms with van der Waals surface area (Å²) in [7, 11) is -3.09. The zero-order chi connectivity index (χ0) is 25.8. The monoisotopic (exact) mass is 542 g/mol. The van der Waals surface area contributed by atoms with Gasteiger partial charge in [-0.25, -0.2) is 18.7 Å². The molecule has 14 heteroatoms. The number of hydrogen-bond donors (Lipinski definition) is 3. The van der Waals surface area contributed by atoms with E-state index in [1.807, 2.05) is 0 Å². The molecule has 0 bridgehead atoms. The molecule has 3 N–H and O–H groups in total. The third-order valence-corrected chi connectivity index (χ3v) is 7.32. The SMILES string of the molecule is CN(C(CCn1c(=O)cc(Cl)[nH]c1=O)C(=O)NO)S(=O)(=O)c1ccc(Oc2cccc(Cl)c2)cc1. The number of carbonyl (C=O) groups is 1. The molecule has 3 rings (SSSR count). The topological polar surface area (TPSA) is 151 Å². The number of aromatic nitrogens is 2. The van der Waals surface area contributed by atoms with Gasteiger partial charge in [-0.05, 0) is 48.9 Å². The van der Waals surface area contributed by atoms with Gasteiger partial charge in [0.2, 0.25) is 10.0 Å². The van der Waals surface area contributed by atoms with Crippen molar-refractivity contribution in [3.63, 3.8) is 0 Å².